The number of fused-ring (bicyclic) bond motifs is 1. The fraction of sp³-hybridized carbons (Fsp3) is 0.300. The standard InChI is InChI=1S/C20H21N3OS2/c1-13(23-10-6-3-7-11-23)22-15-12-25-20-16(15)17(21)19(26-20)18(24)14-8-4-2-5-9-14/h2,4-5,8-9,12H,3,6-7,10-11,21H2,1H3. The number of aliphatic imine (C=N–C) groups is 1. The van der Waals surface area contributed by atoms with Crippen molar-refractivity contribution in [1.82, 2.24) is 4.90 Å². The zero-order chi connectivity index (χ0) is 18.1. The lowest BCUT2D eigenvalue weighted by Crippen LogP contribution is -2.33. The van der Waals surface area contributed by atoms with E-state index in [0.29, 0.717) is 16.1 Å². The van der Waals surface area contributed by atoms with Gasteiger partial charge in [0.1, 0.15) is 10.7 Å². The van der Waals surface area contributed by atoms with Crippen molar-refractivity contribution in [2.45, 2.75) is 26.2 Å². The van der Waals surface area contributed by atoms with E-state index in [2.05, 4.69) is 11.8 Å². The van der Waals surface area contributed by atoms with Gasteiger partial charge in [0.2, 0.25) is 5.78 Å². The van der Waals surface area contributed by atoms with Crippen molar-refractivity contribution >= 4 is 55.1 Å². The molecule has 2 aromatic heterocycles. The summed E-state index contributed by atoms with van der Waals surface area (Å²) in [6.45, 7) is 4.20. The van der Waals surface area contributed by atoms with Crippen molar-refractivity contribution in [1.29, 1.82) is 0 Å². The van der Waals surface area contributed by atoms with Crippen LogP contribution >= 0.6 is 22.7 Å². The van der Waals surface area contributed by atoms with Crippen molar-refractivity contribution in [3.8, 4) is 0 Å². The molecule has 1 aliphatic heterocycles. The molecule has 2 N–H and O–H groups in total. The summed E-state index contributed by atoms with van der Waals surface area (Å²) in [5.74, 6) is 1.02. The van der Waals surface area contributed by atoms with Gasteiger partial charge < -0.3 is 10.6 Å². The zero-order valence-corrected chi connectivity index (χ0v) is 16.3. The molecule has 3 heterocycles. The molecule has 4 rings (SSSR count). The third kappa shape index (κ3) is 3.15. The van der Waals surface area contributed by atoms with Crippen LogP contribution in [0.1, 0.15) is 41.4 Å². The molecule has 1 saturated heterocycles. The van der Waals surface area contributed by atoms with Crippen LogP contribution in [0.15, 0.2) is 40.7 Å². The monoisotopic (exact) mass is 383 g/mol. The summed E-state index contributed by atoms with van der Waals surface area (Å²) in [7, 11) is 0. The first-order chi connectivity index (χ1) is 12.6. The molecule has 0 atom stereocenters. The van der Waals surface area contributed by atoms with Crippen molar-refractivity contribution in [2.75, 3.05) is 18.8 Å². The maximum absolute atomic E-state index is 12.8. The van der Waals surface area contributed by atoms with E-state index in [1.165, 1.54) is 30.6 Å². The minimum Gasteiger partial charge on any atom is -0.397 e. The fourth-order valence-corrected chi connectivity index (χ4v) is 5.58. The highest BCUT2D eigenvalue weighted by Crippen LogP contribution is 2.45. The first kappa shape index (κ1) is 17.2. The number of rotatable bonds is 3. The molecule has 134 valence electrons. The number of amidine groups is 1. The number of ketones is 1. The molecule has 6 heteroatoms. The number of likely N-dealkylation sites (tertiary alicyclic amines) is 1. The van der Waals surface area contributed by atoms with Crippen LogP contribution in [-0.2, 0) is 0 Å². The molecule has 1 aliphatic rings. The average molecular weight is 384 g/mol. The fourth-order valence-electron chi connectivity index (χ4n) is 3.35. The maximum atomic E-state index is 12.8. The number of nitrogen functional groups attached to an aromatic ring is 1. The van der Waals surface area contributed by atoms with Crippen molar-refractivity contribution in [3.63, 3.8) is 0 Å². The largest absolute Gasteiger partial charge is 0.397 e. The minimum absolute atomic E-state index is 0.0146. The predicted molar refractivity (Wildman–Crippen MR) is 112 cm³/mol. The first-order valence-electron chi connectivity index (χ1n) is 8.84. The Kier molecular flexibility index (Phi) is 4.78. The quantitative estimate of drug-likeness (QED) is 0.379. The van der Waals surface area contributed by atoms with Crippen molar-refractivity contribution < 1.29 is 4.79 Å². The summed E-state index contributed by atoms with van der Waals surface area (Å²) in [6.07, 6.45) is 3.75. The predicted octanol–water partition coefficient (Wildman–Crippen LogP) is 5.31. The molecular formula is C20H21N3OS2. The van der Waals surface area contributed by atoms with E-state index in [0.717, 1.165) is 34.0 Å². The molecule has 3 aromatic rings. The Balaban J connectivity index is 1.70. The minimum atomic E-state index is -0.0146. The zero-order valence-electron chi connectivity index (χ0n) is 14.7. The van der Waals surface area contributed by atoms with Crippen LogP contribution in [-0.4, -0.2) is 29.6 Å². The number of hydrogen-bond acceptors (Lipinski definition) is 5. The normalized spacial score (nSPS) is 15.6. The van der Waals surface area contributed by atoms with Crippen LogP contribution in [0.5, 0.6) is 0 Å². The topological polar surface area (TPSA) is 58.7 Å². The lowest BCUT2D eigenvalue weighted by Gasteiger charge is -2.28. The molecule has 0 spiro atoms. The molecule has 0 bridgehead atoms. The molecule has 0 aliphatic carbocycles. The number of anilines is 1. The second-order valence-corrected chi connectivity index (χ2v) is 8.69. The van der Waals surface area contributed by atoms with Crippen molar-refractivity contribution in [2.24, 2.45) is 4.99 Å². The summed E-state index contributed by atoms with van der Waals surface area (Å²) in [5, 5.41) is 2.97. The van der Waals surface area contributed by atoms with Gasteiger partial charge in [-0.05, 0) is 26.2 Å². The highest BCUT2D eigenvalue weighted by atomic mass is 32.2. The van der Waals surface area contributed by atoms with E-state index in [1.54, 1.807) is 11.3 Å². The Morgan fingerprint density at radius 3 is 2.62 bits per heavy atom. The van der Waals surface area contributed by atoms with E-state index in [-0.39, 0.29) is 5.78 Å². The lowest BCUT2D eigenvalue weighted by molar-refractivity contribution is 0.104. The highest BCUT2D eigenvalue weighted by Gasteiger charge is 2.21. The Bertz CT molecular complexity index is 966. The van der Waals surface area contributed by atoms with E-state index in [9.17, 15) is 4.79 Å². The van der Waals surface area contributed by atoms with Gasteiger partial charge in [0.25, 0.3) is 0 Å². The van der Waals surface area contributed by atoms with Gasteiger partial charge in [-0.15, -0.1) is 22.7 Å². The lowest BCUT2D eigenvalue weighted by atomic mass is 10.1. The number of piperidine rings is 1. The van der Waals surface area contributed by atoms with Gasteiger partial charge in [-0.25, -0.2) is 4.99 Å². The number of carbonyl (C=O) groups excluding carboxylic acids is 1. The second-order valence-electron chi connectivity index (χ2n) is 6.53. The molecule has 4 nitrogen and oxygen atoms in total. The summed E-state index contributed by atoms with van der Waals surface area (Å²) < 4.78 is 1.06. The van der Waals surface area contributed by atoms with Crippen LogP contribution in [0.25, 0.3) is 9.40 Å². The molecule has 26 heavy (non-hydrogen) atoms. The van der Waals surface area contributed by atoms with E-state index in [4.69, 9.17) is 10.7 Å². The number of thiophene rings is 2. The van der Waals surface area contributed by atoms with Crippen LogP contribution in [0, 0.1) is 0 Å². The Morgan fingerprint density at radius 1 is 1.15 bits per heavy atom. The maximum Gasteiger partial charge on any atom is 0.205 e. The Hall–Kier alpha value is -2.18. The number of hydrogen-bond donors (Lipinski definition) is 1. The highest BCUT2D eigenvalue weighted by molar-refractivity contribution is 7.39. The van der Waals surface area contributed by atoms with Gasteiger partial charge in [-0.3, -0.25) is 4.79 Å². The average Bonchev–Trinajstić information content (AvgIpc) is 3.23. The molecule has 0 unspecified atom stereocenters. The van der Waals surface area contributed by atoms with Crippen LogP contribution in [0.4, 0.5) is 11.4 Å². The first-order valence-corrected chi connectivity index (χ1v) is 10.5. The van der Waals surface area contributed by atoms with Gasteiger partial charge in [0.05, 0.1) is 20.8 Å². The molecule has 0 amide bonds. The van der Waals surface area contributed by atoms with E-state index >= 15 is 0 Å². The van der Waals surface area contributed by atoms with Crippen molar-refractivity contribution in [3.05, 3.63) is 46.2 Å². The molecular weight excluding hydrogens is 362 g/mol. The summed E-state index contributed by atoms with van der Waals surface area (Å²) in [4.78, 5) is 20.6. The summed E-state index contributed by atoms with van der Waals surface area (Å²) >= 11 is 3.08. The third-order valence-electron chi connectivity index (χ3n) is 4.78. The SMILES string of the molecule is CC(=Nc1csc2sc(C(=O)c3ccccc3)c(N)c12)N1CCCCC1. The van der Waals surface area contributed by atoms with E-state index in [1.807, 2.05) is 35.7 Å². The molecule has 1 fully saturated rings. The number of nitrogens with zero attached hydrogens (tertiary/aromatic N) is 2. The smallest absolute Gasteiger partial charge is 0.205 e. The van der Waals surface area contributed by atoms with Crippen LogP contribution < -0.4 is 5.73 Å². The summed E-state index contributed by atoms with van der Waals surface area (Å²) in [5.41, 5.74) is 8.50. The second kappa shape index (κ2) is 7.21. The van der Waals surface area contributed by atoms with Crippen LogP contribution in [0.2, 0.25) is 0 Å². The van der Waals surface area contributed by atoms with E-state index < -0.39 is 0 Å². The molecule has 1 aromatic carbocycles. The number of nitrogens with two attached hydrogens (primary N) is 1. The number of carbonyl (C=O) groups is 1. The van der Waals surface area contributed by atoms with Gasteiger partial charge in [0, 0.05) is 24.0 Å². The summed E-state index contributed by atoms with van der Waals surface area (Å²) in [6, 6.07) is 9.31. The Morgan fingerprint density at radius 2 is 1.88 bits per heavy atom. The van der Waals surface area contributed by atoms with Gasteiger partial charge in [-0.2, -0.15) is 0 Å². The molecule has 0 radical (unpaired) electrons. The number of benzene rings is 1. The van der Waals surface area contributed by atoms with Gasteiger partial charge >= 0.3 is 0 Å². The van der Waals surface area contributed by atoms with Crippen LogP contribution in [0.3, 0.4) is 0 Å². The molecule has 0 saturated carbocycles. The third-order valence-corrected chi connectivity index (χ3v) is 7.08. The Labute approximate surface area is 161 Å². The van der Waals surface area contributed by atoms with Gasteiger partial charge in [0.15, 0.2) is 0 Å². The van der Waals surface area contributed by atoms with Gasteiger partial charge in [-0.1, -0.05) is 30.3 Å².